The number of rotatable bonds is 7. The molecule has 8 nitrogen and oxygen atoms in total. The Kier molecular flexibility index (Phi) is 6.29. The molecule has 0 spiro atoms. The number of sulfonamides is 1. The molecule has 0 bridgehead atoms. The van der Waals surface area contributed by atoms with Crippen molar-refractivity contribution < 1.29 is 18.1 Å². The van der Waals surface area contributed by atoms with Crippen molar-refractivity contribution in [2.75, 3.05) is 5.32 Å². The average molecular weight is 391 g/mol. The van der Waals surface area contributed by atoms with Crippen molar-refractivity contribution in [2.45, 2.75) is 38.1 Å². The quantitative estimate of drug-likeness (QED) is 0.555. The van der Waals surface area contributed by atoms with Crippen LogP contribution in [0.4, 0.5) is 11.4 Å². The lowest BCUT2D eigenvalue weighted by Crippen LogP contribution is -2.31. The summed E-state index contributed by atoms with van der Waals surface area (Å²) >= 11 is 0. The molecule has 0 saturated heterocycles. The number of hydrogen-bond donors (Lipinski definition) is 2. The van der Waals surface area contributed by atoms with Crippen LogP contribution in [-0.4, -0.2) is 25.3 Å². The van der Waals surface area contributed by atoms with Gasteiger partial charge < -0.3 is 5.32 Å². The minimum atomic E-state index is -3.61. The van der Waals surface area contributed by atoms with Gasteiger partial charge in [-0.3, -0.25) is 14.9 Å². The third-order valence-electron chi connectivity index (χ3n) is 4.05. The van der Waals surface area contributed by atoms with E-state index in [9.17, 15) is 23.3 Å². The first kappa shape index (κ1) is 20.5. The summed E-state index contributed by atoms with van der Waals surface area (Å²) in [5.74, 6) is -0.443. The van der Waals surface area contributed by atoms with Gasteiger partial charge in [0.05, 0.1) is 9.82 Å². The van der Waals surface area contributed by atoms with E-state index >= 15 is 0 Å². The Hall–Kier alpha value is -2.78. The van der Waals surface area contributed by atoms with E-state index in [1.807, 2.05) is 6.92 Å². The molecule has 2 N–H and O–H groups in total. The van der Waals surface area contributed by atoms with Crippen molar-refractivity contribution in [3.8, 4) is 0 Å². The van der Waals surface area contributed by atoms with Gasteiger partial charge in [-0.2, -0.15) is 0 Å². The van der Waals surface area contributed by atoms with Gasteiger partial charge in [0, 0.05) is 28.9 Å². The number of anilines is 1. The van der Waals surface area contributed by atoms with Crippen molar-refractivity contribution >= 4 is 27.3 Å². The Bertz CT molecular complexity index is 955. The zero-order chi connectivity index (χ0) is 20.2. The monoisotopic (exact) mass is 391 g/mol. The van der Waals surface area contributed by atoms with Gasteiger partial charge in [-0.25, -0.2) is 13.1 Å². The van der Waals surface area contributed by atoms with E-state index in [2.05, 4.69) is 10.0 Å². The van der Waals surface area contributed by atoms with Gasteiger partial charge in [0.2, 0.25) is 10.0 Å². The van der Waals surface area contributed by atoms with E-state index in [0.717, 1.165) is 0 Å². The Balaban J connectivity index is 2.13. The number of aryl methyl sites for hydroxylation is 1. The summed E-state index contributed by atoms with van der Waals surface area (Å²) in [7, 11) is -3.61. The van der Waals surface area contributed by atoms with Crippen LogP contribution in [0.5, 0.6) is 0 Å². The molecule has 0 heterocycles. The molecule has 0 radical (unpaired) electrons. The number of carbonyl (C=O) groups is 1. The number of carbonyl (C=O) groups excluding carboxylic acids is 1. The van der Waals surface area contributed by atoms with Crippen molar-refractivity contribution in [3.63, 3.8) is 0 Å². The van der Waals surface area contributed by atoms with Gasteiger partial charge in [-0.15, -0.1) is 0 Å². The molecule has 2 aromatic carbocycles. The van der Waals surface area contributed by atoms with Gasteiger partial charge in [-0.1, -0.05) is 6.92 Å². The summed E-state index contributed by atoms with van der Waals surface area (Å²) in [5.41, 5.74) is 1.01. The second kappa shape index (κ2) is 8.28. The summed E-state index contributed by atoms with van der Waals surface area (Å²) in [6, 6.07) is 9.68. The van der Waals surface area contributed by atoms with Crippen LogP contribution in [0, 0.1) is 17.0 Å². The maximum Gasteiger partial charge on any atom is 0.272 e. The fourth-order valence-electron chi connectivity index (χ4n) is 2.34. The second-order valence-corrected chi connectivity index (χ2v) is 7.88. The molecule has 0 saturated carbocycles. The molecule has 2 aromatic rings. The largest absolute Gasteiger partial charge is 0.322 e. The number of nitrogens with one attached hydrogen (secondary N) is 2. The van der Waals surface area contributed by atoms with E-state index in [1.54, 1.807) is 13.8 Å². The topological polar surface area (TPSA) is 118 Å². The Morgan fingerprint density at radius 3 is 2.33 bits per heavy atom. The van der Waals surface area contributed by atoms with Crippen molar-refractivity contribution in [2.24, 2.45) is 0 Å². The molecule has 1 amide bonds. The minimum Gasteiger partial charge on any atom is -0.322 e. The maximum absolute atomic E-state index is 12.3. The molecule has 0 aromatic heterocycles. The van der Waals surface area contributed by atoms with Gasteiger partial charge in [-0.05, 0) is 56.7 Å². The fraction of sp³-hybridized carbons (Fsp3) is 0.278. The van der Waals surface area contributed by atoms with Crippen molar-refractivity contribution in [1.29, 1.82) is 0 Å². The van der Waals surface area contributed by atoms with Crippen LogP contribution in [0.1, 0.15) is 36.2 Å². The summed E-state index contributed by atoms with van der Waals surface area (Å²) in [4.78, 5) is 22.7. The summed E-state index contributed by atoms with van der Waals surface area (Å²) in [5, 5.41) is 13.5. The summed E-state index contributed by atoms with van der Waals surface area (Å²) < 4.78 is 27.0. The lowest BCUT2D eigenvalue weighted by atomic mass is 10.1. The molecule has 0 aliphatic carbocycles. The Morgan fingerprint density at radius 2 is 1.81 bits per heavy atom. The molecule has 1 unspecified atom stereocenters. The van der Waals surface area contributed by atoms with E-state index < -0.39 is 20.9 Å². The lowest BCUT2D eigenvalue weighted by Gasteiger charge is -2.12. The molecular formula is C18H21N3O5S. The van der Waals surface area contributed by atoms with Crippen LogP contribution in [0.25, 0.3) is 0 Å². The molecular weight excluding hydrogens is 370 g/mol. The first-order valence-corrected chi connectivity index (χ1v) is 9.81. The smallest absolute Gasteiger partial charge is 0.272 e. The molecule has 0 fully saturated rings. The predicted molar refractivity (Wildman–Crippen MR) is 102 cm³/mol. The molecule has 9 heteroatoms. The average Bonchev–Trinajstić information content (AvgIpc) is 2.61. The van der Waals surface area contributed by atoms with Gasteiger partial charge in [0.15, 0.2) is 0 Å². The number of nitrogens with zero attached hydrogens (tertiary/aromatic N) is 1. The number of nitro groups is 1. The highest BCUT2D eigenvalue weighted by molar-refractivity contribution is 7.89. The molecule has 144 valence electrons. The van der Waals surface area contributed by atoms with E-state index in [4.69, 9.17) is 0 Å². The number of hydrogen-bond acceptors (Lipinski definition) is 5. The molecule has 0 aliphatic heterocycles. The first-order chi connectivity index (χ1) is 12.6. The Morgan fingerprint density at radius 1 is 1.19 bits per heavy atom. The Labute approximate surface area is 157 Å². The van der Waals surface area contributed by atoms with Crippen LogP contribution in [0.2, 0.25) is 0 Å². The second-order valence-electron chi connectivity index (χ2n) is 6.17. The highest BCUT2D eigenvalue weighted by Gasteiger charge is 2.17. The summed E-state index contributed by atoms with van der Waals surface area (Å²) in [6.07, 6.45) is 0.669. The van der Waals surface area contributed by atoms with E-state index in [0.29, 0.717) is 17.7 Å². The molecule has 0 aliphatic rings. The zero-order valence-corrected chi connectivity index (χ0v) is 16.0. The van der Waals surface area contributed by atoms with Gasteiger partial charge in [0.25, 0.3) is 11.6 Å². The highest BCUT2D eigenvalue weighted by Crippen LogP contribution is 2.20. The molecule has 1 atom stereocenters. The lowest BCUT2D eigenvalue weighted by molar-refractivity contribution is -0.385. The van der Waals surface area contributed by atoms with Gasteiger partial charge in [0.1, 0.15) is 0 Å². The van der Waals surface area contributed by atoms with Crippen LogP contribution < -0.4 is 10.0 Å². The standard InChI is InChI=1S/C18H21N3O5S/c1-4-13(3)20-27(25,26)16-8-6-15(7-9-16)19-18(22)14-5-10-17(21(23)24)12(2)11-14/h5-11,13,20H,4H2,1-3H3,(H,19,22). The number of benzene rings is 2. The molecule has 2 rings (SSSR count). The SMILES string of the molecule is CCC(C)NS(=O)(=O)c1ccc(NC(=O)c2ccc([N+](=O)[O-])c(C)c2)cc1. The minimum absolute atomic E-state index is 0.0603. The van der Waals surface area contributed by atoms with Crippen LogP contribution in [-0.2, 0) is 10.0 Å². The maximum atomic E-state index is 12.3. The summed E-state index contributed by atoms with van der Waals surface area (Å²) in [6.45, 7) is 5.21. The van der Waals surface area contributed by atoms with E-state index in [1.165, 1.54) is 42.5 Å². The number of nitro benzene ring substituents is 1. The van der Waals surface area contributed by atoms with Gasteiger partial charge >= 0.3 is 0 Å². The molecule has 27 heavy (non-hydrogen) atoms. The van der Waals surface area contributed by atoms with Crippen LogP contribution in [0.3, 0.4) is 0 Å². The predicted octanol–water partition coefficient (Wildman–Crippen LogP) is 3.23. The van der Waals surface area contributed by atoms with Crippen molar-refractivity contribution in [1.82, 2.24) is 4.72 Å². The normalized spacial score (nSPS) is 12.4. The van der Waals surface area contributed by atoms with Crippen molar-refractivity contribution in [3.05, 3.63) is 63.7 Å². The third kappa shape index (κ3) is 5.11. The van der Waals surface area contributed by atoms with E-state index in [-0.39, 0.29) is 22.2 Å². The van der Waals surface area contributed by atoms with Crippen LogP contribution >= 0.6 is 0 Å². The zero-order valence-electron chi connectivity index (χ0n) is 15.2. The van der Waals surface area contributed by atoms with Crippen LogP contribution in [0.15, 0.2) is 47.4 Å². The first-order valence-electron chi connectivity index (χ1n) is 8.33. The number of amides is 1. The highest BCUT2D eigenvalue weighted by atomic mass is 32.2. The third-order valence-corrected chi connectivity index (χ3v) is 5.65. The fourth-order valence-corrected chi connectivity index (χ4v) is 3.67.